The second kappa shape index (κ2) is 12.6. The number of nitrogens with zero attached hydrogens (tertiary/aromatic N) is 2. The third kappa shape index (κ3) is 7.11. The van der Waals surface area contributed by atoms with E-state index in [0.29, 0.717) is 5.13 Å². The molecule has 1 fully saturated rings. The molecule has 9 heteroatoms. The van der Waals surface area contributed by atoms with Crippen LogP contribution in [0.1, 0.15) is 61.4 Å². The number of carbonyl (C=O) groups excluding carboxylic acids is 3. The fraction of sp³-hybridized carbons (Fsp3) is 0.520. The molecule has 184 valence electrons. The van der Waals surface area contributed by atoms with E-state index in [0.717, 1.165) is 42.5 Å². The topological polar surface area (TPSA) is 101 Å². The Balaban J connectivity index is 1.77. The highest BCUT2D eigenvalue weighted by Crippen LogP contribution is 2.27. The van der Waals surface area contributed by atoms with Crippen LogP contribution < -0.4 is 10.6 Å². The predicted octanol–water partition coefficient (Wildman–Crippen LogP) is 3.75. The quantitative estimate of drug-likeness (QED) is 0.504. The van der Waals surface area contributed by atoms with Crippen molar-refractivity contribution in [1.82, 2.24) is 15.2 Å². The predicted molar refractivity (Wildman–Crippen MR) is 133 cm³/mol. The first kappa shape index (κ1) is 25.8. The minimum Gasteiger partial charge on any atom is -0.383 e. The molecule has 0 bridgehead atoms. The normalized spacial score (nSPS) is 14.6. The maximum Gasteiger partial charge on any atom is 0.247 e. The molecule has 0 radical (unpaired) electrons. The van der Waals surface area contributed by atoms with Crippen molar-refractivity contribution in [2.24, 2.45) is 0 Å². The third-order valence-electron chi connectivity index (χ3n) is 6.03. The Kier molecular flexibility index (Phi) is 9.59. The highest BCUT2D eigenvalue weighted by Gasteiger charge is 2.33. The van der Waals surface area contributed by atoms with Crippen molar-refractivity contribution >= 4 is 34.2 Å². The monoisotopic (exact) mass is 486 g/mol. The minimum atomic E-state index is -0.783. The van der Waals surface area contributed by atoms with Gasteiger partial charge in [-0.25, -0.2) is 4.98 Å². The summed E-state index contributed by atoms with van der Waals surface area (Å²) in [6.45, 7) is 4.33. The standard InChI is InChI=1S/C25H34N4O4S/c1-17-8-4-7-11-20(17)23(24(32)27-19-9-5-6-10-19)29(14-15-33-3)22(31)13-12-21(30)28-25-26-18(2)16-34-25/h4,7-8,11,16,19,23H,5-6,9-10,12-15H2,1-3H3,(H,27,32)(H,26,28,30). The number of ether oxygens (including phenoxy) is 1. The number of methoxy groups -OCH3 is 1. The van der Waals surface area contributed by atoms with E-state index in [1.54, 1.807) is 12.0 Å². The average molecular weight is 487 g/mol. The van der Waals surface area contributed by atoms with Crippen LogP contribution in [0.15, 0.2) is 29.6 Å². The zero-order chi connectivity index (χ0) is 24.5. The molecule has 1 atom stereocenters. The van der Waals surface area contributed by atoms with Crippen molar-refractivity contribution in [3.8, 4) is 0 Å². The molecule has 1 aromatic heterocycles. The summed E-state index contributed by atoms with van der Waals surface area (Å²) in [7, 11) is 1.56. The van der Waals surface area contributed by atoms with Crippen molar-refractivity contribution in [1.29, 1.82) is 0 Å². The van der Waals surface area contributed by atoms with Gasteiger partial charge in [-0.15, -0.1) is 11.3 Å². The molecule has 3 amide bonds. The molecule has 8 nitrogen and oxygen atoms in total. The van der Waals surface area contributed by atoms with Crippen molar-refractivity contribution < 1.29 is 19.1 Å². The third-order valence-corrected chi connectivity index (χ3v) is 6.91. The van der Waals surface area contributed by atoms with Gasteiger partial charge in [0, 0.05) is 37.9 Å². The largest absolute Gasteiger partial charge is 0.383 e. The van der Waals surface area contributed by atoms with E-state index in [-0.39, 0.29) is 49.8 Å². The van der Waals surface area contributed by atoms with Gasteiger partial charge in [0.15, 0.2) is 5.13 Å². The molecule has 34 heavy (non-hydrogen) atoms. The van der Waals surface area contributed by atoms with Gasteiger partial charge in [-0.3, -0.25) is 14.4 Å². The van der Waals surface area contributed by atoms with Gasteiger partial charge in [0.2, 0.25) is 17.7 Å². The molecule has 2 aromatic rings. The number of aromatic nitrogens is 1. The first-order valence-electron chi connectivity index (χ1n) is 11.8. The van der Waals surface area contributed by atoms with Crippen LogP contribution in [-0.4, -0.2) is 53.9 Å². The molecule has 1 aliphatic carbocycles. The molecule has 1 aromatic carbocycles. The molecule has 1 heterocycles. The van der Waals surface area contributed by atoms with Crippen LogP contribution in [-0.2, 0) is 19.1 Å². The number of aryl methyl sites for hydroxylation is 2. The summed E-state index contributed by atoms with van der Waals surface area (Å²) in [5.74, 6) is -0.733. The average Bonchev–Trinajstić information content (AvgIpc) is 3.47. The maximum absolute atomic E-state index is 13.5. The molecule has 0 spiro atoms. The maximum atomic E-state index is 13.5. The number of rotatable bonds is 11. The summed E-state index contributed by atoms with van der Waals surface area (Å²) < 4.78 is 5.25. The molecular formula is C25H34N4O4S. The van der Waals surface area contributed by atoms with E-state index in [1.807, 2.05) is 43.5 Å². The van der Waals surface area contributed by atoms with Crippen LogP contribution in [0.4, 0.5) is 5.13 Å². The number of hydrogen-bond acceptors (Lipinski definition) is 6. The van der Waals surface area contributed by atoms with Gasteiger partial charge in [-0.1, -0.05) is 37.1 Å². The fourth-order valence-corrected chi connectivity index (χ4v) is 4.94. The number of nitrogens with one attached hydrogen (secondary N) is 2. The fourth-order valence-electron chi connectivity index (χ4n) is 4.24. The Morgan fingerprint density at radius 2 is 1.91 bits per heavy atom. The number of thiazole rings is 1. The Morgan fingerprint density at radius 1 is 1.18 bits per heavy atom. The SMILES string of the molecule is COCCN(C(=O)CCC(=O)Nc1nc(C)cs1)C(C(=O)NC1CCCC1)c1ccccc1C. The van der Waals surface area contributed by atoms with E-state index in [2.05, 4.69) is 15.6 Å². The van der Waals surface area contributed by atoms with E-state index < -0.39 is 6.04 Å². The number of hydrogen-bond donors (Lipinski definition) is 2. The van der Waals surface area contributed by atoms with Crippen LogP contribution in [0.2, 0.25) is 0 Å². The van der Waals surface area contributed by atoms with Crippen molar-refractivity contribution in [3.63, 3.8) is 0 Å². The molecule has 0 aliphatic heterocycles. The number of benzene rings is 1. The molecule has 1 aliphatic rings. The smallest absolute Gasteiger partial charge is 0.247 e. The highest BCUT2D eigenvalue weighted by atomic mass is 32.1. The van der Waals surface area contributed by atoms with Gasteiger partial charge in [0.25, 0.3) is 0 Å². The highest BCUT2D eigenvalue weighted by molar-refractivity contribution is 7.13. The number of anilines is 1. The zero-order valence-corrected chi connectivity index (χ0v) is 21.0. The summed E-state index contributed by atoms with van der Waals surface area (Å²) in [6, 6.07) is 6.96. The lowest BCUT2D eigenvalue weighted by Gasteiger charge is -2.33. The van der Waals surface area contributed by atoms with Crippen LogP contribution in [0, 0.1) is 13.8 Å². The van der Waals surface area contributed by atoms with E-state index in [1.165, 1.54) is 11.3 Å². The van der Waals surface area contributed by atoms with Crippen molar-refractivity contribution in [2.45, 2.75) is 64.5 Å². The van der Waals surface area contributed by atoms with Crippen LogP contribution in [0.25, 0.3) is 0 Å². The number of carbonyl (C=O) groups is 3. The van der Waals surface area contributed by atoms with Crippen molar-refractivity contribution in [2.75, 3.05) is 25.6 Å². The number of amides is 3. The molecule has 2 N–H and O–H groups in total. The summed E-state index contributed by atoms with van der Waals surface area (Å²) in [6.07, 6.45) is 4.09. The second-order valence-electron chi connectivity index (χ2n) is 8.67. The van der Waals surface area contributed by atoms with E-state index in [4.69, 9.17) is 4.74 Å². The van der Waals surface area contributed by atoms with Crippen LogP contribution >= 0.6 is 11.3 Å². The van der Waals surface area contributed by atoms with Gasteiger partial charge in [-0.2, -0.15) is 0 Å². The Labute approximate surface area is 205 Å². The van der Waals surface area contributed by atoms with Gasteiger partial charge in [0.1, 0.15) is 6.04 Å². The lowest BCUT2D eigenvalue weighted by atomic mass is 9.98. The summed E-state index contributed by atoms with van der Waals surface area (Å²) in [5, 5.41) is 8.26. The first-order chi connectivity index (χ1) is 16.4. The van der Waals surface area contributed by atoms with Gasteiger partial charge >= 0.3 is 0 Å². The Hall–Kier alpha value is -2.78. The molecular weight excluding hydrogens is 452 g/mol. The molecule has 0 saturated heterocycles. The zero-order valence-electron chi connectivity index (χ0n) is 20.1. The molecule has 1 unspecified atom stereocenters. The van der Waals surface area contributed by atoms with E-state index in [9.17, 15) is 14.4 Å². The lowest BCUT2D eigenvalue weighted by molar-refractivity contribution is -0.142. The summed E-state index contributed by atoms with van der Waals surface area (Å²) in [5.41, 5.74) is 2.54. The first-order valence-corrected chi connectivity index (χ1v) is 12.6. The minimum absolute atomic E-state index is 0.00563. The van der Waals surface area contributed by atoms with Gasteiger partial charge < -0.3 is 20.3 Å². The van der Waals surface area contributed by atoms with E-state index >= 15 is 0 Å². The van der Waals surface area contributed by atoms with Crippen molar-refractivity contribution in [3.05, 3.63) is 46.5 Å². The lowest BCUT2D eigenvalue weighted by Crippen LogP contribution is -2.47. The van der Waals surface area contributed by atoms with Crippen LogP contribution in [0.5, 0.6) is 0 Å². The summed E-state index contributed by atoms with van der Waals surface area (Å²) in [4.78, 5) is 45.1. The Bertz CT molecular complexity index is 987. The van der Waals surface area contributed by atoms with Gasteiger partial charge in [-0.05, 0) is 37.8 Å². The Morgan fingerprint density at radius 3 is 2.56 bits per heavy atom. The molecule has 1 saturated carbocycles. The summed E-state index contributed by atoms with van der Waals surface area (Å²) >= 11 is 1.34. The van der Waals surface area contributed by atoms with Gasteiger partial charge in [0.05, 0.1) is 12.3 Å². The second-order valence-corrected chi connectivity index (χ2v) is 9.53. The molecule has 3 rings (SSSR count). The van der Waals surface area contributed by atoms with Crippen LogP contribution in [0.3, 0.4) is 0 Å².